The molecule has 2 aliphatic carbocycles. The number of rotatable bonds is 6. The Labute approximate surface area is 196 Å². The molecule has 0 heterocycles. The maximum absolute atomic E-state index is 14.8. The monoisotopic (exact) mass is 450 g/mol. The van der Waals surface area contributed by atoms with Crippen molar-refractivity contribution in [1.29, 1.82) is 0 Å². The van der Waals surface area contributed by atoms with E-state index in [2.05, 4.69) is 25.3 Å². The van der Waals surface area contributed by atoms with Gasteiger partial charge >= 0.3 is 0 Å². The lowest BCUT2D eigenvalue weighted by molar-refractivity contribution is -0.00956. The molecule has 4 rings (SSSR count). The summed E-state index contributed by atoms with van der Waals surface area (Å²) >= 11 is 0. The summed E-state index contributed by atoms with van der Waals surface area (Å²) in [5.74, 6) is 6.97. The summed E-state index contributed by atoms with van der Waals surface area (Å²) in [6, 6.07) is 9.83. The van der Waals surface area contributed by atoms with E-state index in [0.717, 1.165) is 37.4 Å². The quantitative estimate of drug-likeness (QED) is 0.348. The first-order valence-corrected chi connectivity index (χ1v) is 12.0. The standard InChI is InChI=1S/C29H32F2O2/c1-3-15-33-27-13-11-21(29(31)19-27)6-5-20-7-8-25(18-28(20)30)22-9-10-24-17-26(32-4-2)14-12-23(24)16-22/h3,7-8,11,13,18-19,22-24,26H,1,4,9-10,12,14-17H2,2H3. The summed E-state index contributed by atoms with van der Waals surface area (Å²) in [5.41, 5.74) is 1.56. The molecule has 2 nitrogen and oxygen atoms in total. The highest BCUT2D eigenvalue weighted by atomic mass is 19.1. The Bertz CT molecular complexity index is 1040. The lowest BCUT2D eigenvalue weighted by Gasteiger charge is -2.42. The van der Waals surface area contributed by atoms with Crippen LogP contribution in [0, 0.1) is 35.3 Å². The SMILES string of the molecule is C=CCOc1ccc(C#Cc2ccc(C3CCC4CC(OCC)CCC4C3)cc2F)c(F)c1. The van der Waals surface area contributed by atoms with Crippen molar-refractivity contribution in [2.75, 3.05) is 13.2 Å². The van der Waals surface area contributed by atoms with Crippen molar-refractivity contribution in [2.45, 2.75) is 57.5 Å². The van der Waals surface area contributed by atoms with E-state index in [9.17, 15) is 8.78 Å². The Hall–Kier alpha value is -2.64. The van der Waals surface area contributed by atoms with Crippen LogP contribution >= 0.6 is 0 Å². The lowest BCUT2D eigenvalue weighted by Crippen LogP contribution is -2.33. The molecule has 2 aromatic carbocycles. The van der Waals surface area contributed by atoms with Crippen LogP contribution in [0.15, 0.2) is 49.1 Å². The molecule has 2 aromatic rings. The van der Waals surface area contributed by atoms with E-state index in [1.54, 1.807) is 30.3 Å². The van der Waals surface area contributed by atoms with E-state index in [1.165, 1.54) is 25.3 Å². The van der Waals surface area contributed by atoms with Crippen LogP contribution in [0.3, 0.4) is 0 Å². The number of fused-ring (bicyclic) bond motifs is 1. The highest BCUT2D eigenvalue weighted by Gasteiger charge is 2.36. The fraction of sp³-hybridized carbons (Fsp3) is 0.448. The van der Waals surface area contributed by atoms with Crippen molar-refractivity contribution in [3.05, 3.63) is 77.4 Å². The van der Waals surface area contributed by atoms with E-state index < -0.39 is 5.82 Å². The summed E-state index contributed by atoms with van der Waals surface area (Å²) < 4.78 is 40.3. The Morgan fingerprint density at radius 2 is 1.64 bits per heavy atom. The predicted octanol–water partition coefficient (Wildman–Crippen LogP) is 7.02. The summed E-state index contributed by atoms with van der Waals surface area (Å²) in [5, 5.41) is 0. The minimum absolute atomic E-state index is 0.213. The van der Waals surface area contributed by atoms with Crippen LogP contribution in [-0.2, 0) is 4.74 Å². The van der Waals surface area contributed by atoms with Crippen molar-refractivity contribution >= 4 is 0 Å². The minimum atomic E-state index is -0.489. The minimum Gasteiger partial charge on any atom is -0.489 e. The molecule has 4 unspecified atom stereocenters. The highest BCUT2D eigenvalue weighted by Crippen LogP contribution is 2.46. The molecular formula is C29H32F2O2. The molecule has 0 bridgehead atoms. The Kier molecular flexibility index (Phi) is 7.83. The second-order valence-corrected chi connectivity index (χ2v) is 9.15. The van der Waals surface area contributed by atoms with Crippen molar-refractivity contribution in [3.8, 4) is 17.6 Å². The molecule has 0 aliphatic heterocycles. The van der Waals surface area contributed by atoms with Crippen LogP contribution in [0.1, 0.15) is 68.1 Å². The molecule has 2 saturated carbocycles. The third-order valence-electron chi connectivity index (χ3n) is 7.07. The van der Waals surface area contributed by atoms with Gasteiger partial charge in [0.2, 0.25) is 0 Å². The van der Waals surface area contributed by atoms with E-state index >= 15 is 0 Å². The Morgan fingerprint density at radius 3 is 2.33 bits per heavy atom. The number of hydrogen-bond donors (Lipinski definition) is 0. The molecule has 0 amide bonds. The van der Waals surface area contributed by atoms with Crippen LogP contribution in [0.25, 0.3) is 0 Å². The molecule has 2 fully saturated rings. The maximum atomic E-state index is 14.8. The Morgan fingerprint density at radius 1 is 0.939 bits per heavy atom. The van der Waals surface area contributed by atoms with Crippen LogP contribution in [0.2, 0.25) is 0 Å². The van der Waals surface area contributed by atoms with E-state index in [0.29, 0.717) is 30.3 Å². The predicted molar refractivity (Wildman–Crippen MR) is 127 cm³/mol. The molecule has 0 N–H and O–H groups in total. The van der Waals surface area contributed by atoms with Crippen molar-refractivity contribution < 1.29 is 18.3 Å². The van der Waals surface area contributed by atoms with Crippen LogP contribution in [-0.4, -0.2) is 19.3 Å². The van der Waals surface area contributed by atoms with Gasteiger partial charge in [-0.1, -0.05) is 30.6 Å². The molecule has 0 aromatic heterocycles. The average molecular weight is 451 g/mol. The summed E-state index contributed by atoms with van der Waals surface area (Å²) in [6.07, 6.45) is 8.94. The topological polar surface area (TPSA) is 18.5 Å². The molecule has 4 heteroatoms. The zero-order chi connectivity index (χ0) is 23.2. The zero-order valence-electron chi connectivity index (χ0n) is 19.3. The van der Waals surface area contributed by atoms with E-state index in [1.807, 2.05) is 6.07 Å². The lowest BCUT2D eigenvalue weighted by atomic mass is 9.65. The normalized spacial score (nSPS) is 24.3. The molecular weight excluding hydrogens is 418 g/mol. The van der Waals surface area contributed by atoms with Gasteiger partial charge in [-0.2, -0.15) is 0 Å². The van der Waals surface area contributed by atoms with Gasteiger partial charge in [0.15, 0.2) is 0 Å². The third kappa shape index (κ3) is 5.84. The molecule has 4 atom stereocenters. The Balaban J connectivity index is 1.41. The van der Waals surface area contributed by atoms with Gasteiger partial charge in [-0.15, -0.1) is 0 Å². The fourth-order valence-corrected chi connectivity index (χ4v) is 5.40. The van der Waals surface area contributed by atoms with Crippen molar-refractivity contribution in [3.63, 3.8) is 0 Å². The molecule has 2 aliphatic rings. The first-order valence-electron chi connectivity index (χ1n) is 12.0. The van der Waals surface area contributed by atoms with Crippen LogP contribution < -0.4 is 4.74 Å². The van der Waals surface area contributed by atoms with Gasteiger partial charge in [-0.25, -0.2) is 8.78 Å². The second kappa shape index (κ2) is 11.0. The van der Waals surface area contributed by atoms with Crippen LogP contribution in [0.5, 0.6) is 5.75 Å². The largest absolute Gasteiger partial charge is 0.489 e. The van der Waals surface area contributed by atoms with Gasteiger partial charge in [0, 0.05) is 12.7 Å². The number of halogens is 2. The number of ether oxygens (including phenoxy) is 2. The maximum Gasteiger partial charge on any atom is 0.142 e. The van der Waals surface area contributed by atoms with E-state index in [4.69, 9.17) is 9.47 Å². The van der Waals surface area contributed by atoms with Gasteiger partial charge < -0.3 is 9.47 Å². The van der Waals surface area contributed by atoms with Gasteiger partial charge in [-0.3, -0.25) is 0 Å². The van der Waals surface area contributed by atoms with Gasteiger partial charge in [-0.05, 0) is 93.0 Å². The molecule has 33 heavy (non-hydrogen) atoms. The molecule has 0 saturated heterocycles. The van der Waals surface area contributed by atoms with Gasteiger partial charge in [0.1, 0.15) is 24.0 Å². The smallest absolute Gasteiger partial charge is 0.142 e. The van der Waals surface area contributed by atoms with Crippen molar-refractivity contribution in [2.24, 2.45) is 11.8 Å². The number of hydrogen-bond acceptors (Lipinski definition) is 2. The first kappa shape index (κ1) is 23.5. The first-order chi connectivity index (χ1) is 16.1. The van der Waals surface area contributed by atoms with Gasteiger partial charge in [0.25, 0.3) is 0 Å². The molecule has 0 radical (unpaired) electrons. The van der Waals surface area contributed by atoms with Crippen LogP contribution in [0.4, 0.5) is 8.78 Å². The molecule has 0 spiro atoms. The highest BCUT2D eigenvalue weighted by molar-refractivity contribution is 5.46. The van der Waals surface area contributed by atoms with Gasteiger partial charge in [0.05, 0.1) is 17.2 Å². The fourth-order valence-electron chi connectivity index (χ4n) is 5.40. The summed E-state index contributed by atoms with van der Waals surface area (Å²) in [4.78, 5) is 0. The van der Waals surface area contributed by atoms with E-state index in [-0.39, 0.29) is 16.9 Å². The molecule has 174 valence electrons. The third-order valence-corrected chi connectivity index (χ3v) is 7.07. The van der Waals surface area contributed by atoms with Crippen molar-refractivity contribution in [1.82, 2.24) is 0 Å². The number of benzene rings is 2. The second-order valence-electron chi connectivity index (χ2n) is 9.15. The summed E-state index contributed by atoms with van der Waals surface area (Å²) in [7, 11) is 0. The summed E-state index contributed by atoms with van der Waals surface area (Å²) in [6.45, 7) is 6.73. The zero-order valence-corrected chi connectivity index (χ0v) is 19.3. The average Bonchev–Trinajstić information content (AvgIpc) is 2.82.